The fourth-order valence-corrected chi connectivity index (χ4v) is 4.03. The van der Waals surface area contributed by atoms with E-state index in [4.69, 9.17) is 4.74 Å². The number of anilines is 1. The Morgan fingerprint density at radius 2 is 1.92 bits per heavy atom. The van der Waals surface area contributed by atoms with Crippen molar-refractivity contribution >= 4 is 29.3 Å². The summed E-state index contributed by atoms with van der Waals surface area (Å²) in [6, 6.07) is 7.47. The summed E-state index contributed by atoms with van der Waals surface area (Å²) in [5.74, 6) is -1.19. The first-order valence-corrected chi connectivity index (χ1v) is 9.92. The van der Waals surface area contributed by atoms with Crippen LogP contribution in [-0.4, -0.2) is 61.4 Å². The first-order valence-electron chi connectivity index (χ1n) is 8.70. The number of nitrogens with one attached hydrogen (secondary N) is 2. The van der Waals surface area contributed by atoms with Gasteiger partial charge in [-0.15, -0.1) is 11.8 Å². The Kier molecular flexibility index (Phi) is 5.98. The summed E-state index contributed by atoms with van der Waals surface area (Å²) in [5.41, 5.74) is 0.665. The number of nitrogens with zero attached hydrogens (tertiary/aromatic N) is 1. The summed E-state index contributed by atoms with van der Waals surface area (Å²) in [5, 5.41) is 5.55. The number of hydrogen-bond donors (Lipinski definition) is 2. The second-order valence-electron chi connectivity index (χ2n) is 6.51. The second kappa shape index (κ2) is 8.21. The highest BCUT2D eigenvalue weighted by Crippen LogP contribution is 2.37. The number of carbonyl (C=O) groups excluding carboxylic acids is 2. The van der Waals surface area contributed by atoms with Crippen molar-refractivity contribution in [3.05, 3.63) is 24.3 Å². The lowest BCUT2D eigenvalue weighted by Crippen LogP contribution is -2.63. The van der Waals surface area contributed by atoms with Gasteiger partial charge in [0.05, 0.1) is 18.9 Å². The van der Waals surface area contributed by atoms with Crippen molar-refractivity contribution in [3.8, 4) is 0 Å². The molecule has 136 valence electrons. The Labute approximate surface area is 152 Å². The van der Waals surface area contributed by atoms with Crippen LogP contribution in [0.4, 0.5) is 5.69 Å². The van der Waals surface area contributed by atoms with Gasteiger partial charge in [0.25, 0.3) is 0 Å². The van der Waals surface area contributed by atoms with Gasteiger partial charge < -0.3 is 15.4 Å². The van der Waals surface area contributed by atoms with Gasteiger partial charge in [0.1, 0.15) is 0 Å². The molecule has 0 radical (unpaired) electrons. The van der Waals surface area contributed by atoms with Crippen molar-refractivity contribution in [2.75, 3.05) is 44.4 Å². The van der Waals surface area contributed by atoms with Crippen LogP contribution < -0.4 is 10.6 Å². The third-order valence-corrected chi connectivity index (χ3v) is 5.90. The fourth-order valence-electron chi connectivity index (χ4n) is 3.48. The van der Waals surface area contributed by atoms with Crippen LogP contribution in [0.5, 0.6) is 0 Å². The number of benzene rings is 1. The molecule has 2 fully saturated rings. The van der Waals surface area contributed by atoms with Crippen molar-refractivity contribution in [2.45, 2.75) is 29.7 Å². The molecule has 1 aromatic rings. The number of carbonyl (C=O) groups is 2. The van der Waals surface area contributed by atoms with E-state index in [9.17, 15) is 9.59 Å². The van der Waals surface area contributed by atoms with Crippen LogP contribution in [0, 0.1) is 0 Å². The maximum absolute atomic E-state index is 12.2. The van der Waals surface area contributed by atoms with Gasteiger partial charge in [-0.25, -0.2) is 0 Å². The molecular weight excluding hydrogens is 338 g/mol. The Morgan fingerprint density at radius 1 is 1.20 bits per heavy atom. The molecule has 6 nitrogen and oxygen atoms in total. The summed E-state index contributed by atoms with van der Waals surface area (Å²) in [4.78, 5) is 27.8. The van der Waals surface area contributed by atoms with Crippen LogP contribution in [0.25, 0.3) is 0 Å². The van der Waals surface area contributed by atoms with Gasteiger partial charge in [-0.3, -0.25) is 14.5 Å². The fraction of sp³-hybridized carbons (Fsp3) is 0.556. The Balaban J connectivity index is 1.55. The van der Waals surface area contributed by atoms with Crippen LogP contribution in [0.15, 0.2) is 29.2 Å². The molecule has 0 unspecified atom stereocenters. The molecule has 2 aliphatic rings. The van der Waals surface area contributed by atoms with Crippen molar-refractivity contribution in [3.63, 3.8) is 0 Å². The Morgan fingerprint density at radius 3 is 2.56 bits per heavy atom. The third kappa shape index (κ3) is 4.16. The second-order valence-corrected chi connectivity index (χ2v) is 7.36. The van der Waals surface area contributed by atoms with Gasteiger partial charge in [-0.2, -0.15) is 0 Å². The van der Waals surface area contributed by atoms with Crippen LogP contribution >= 0.6 is 11.8 Å². The number of thioether (sulfide) groups is 1. The highest BCUT2D eigenvalue weighted by Gasteiger charge is 2.43. The molecule has 25 heavy (non-hydrogen) atoms. The van der Waals surface area contributed by atoms with E-state index in [0.29, 0.717) is 12.2 Å². The lowest BCUT2D eigenvalue weighted by Gasteiger charge is -2.51. The summed E-state index contributed by atoms with van der Waals surface area (Å²) in [7, 11) is 0. The van der Waals surface area contributed by atoms with E-state index in [-0.39, 0.29) is 5.54 Å². The predicted molar refractivity (Wildman–Crippen MR) is 98.8 cm³/mol. The molecule has 1 heterocycles. The van der Waals surface area contributed by atoms with Gasteiger partial charge >= 0.3 is 11.8 Å². The lowest BCUT2D eigenvalue weighted by molar-refractivity contribution is -0.137. The molecular formula is C18H25N3O3S. The summed E-state index contributed by atoms with van der Waals surface area (Å²) in [6.07, 6.45) is 5.22. The number of rotatable bonds is 5. The van der Waals surface area contributed by atoms with Gasteiger partial charge in [0.15, 0.2) is 0 Å². The first kappa shape index (κ1) is 18.2. The minimum atomic E-state index is -0.613. The molecule has 1 aliphatic heterocycles. The number of hydrogen-bond acceptors (Lipinski definition) is 5. The van der Waals surface area contributed by atoms with Crippen molar-refractivity contribution < 1.29 is 14.3 Å². The first-order chi connectivity index (χ1) is 12.1. The molecule has 7 heteroatoms. The number of morpholine rings is 1. The molecule has 2 N–H and O–H groups in total. The molecule has 3 rings (SSSR count). The van der Waals surface area contributed by atoms with Gasteiger partial charge in [0, 0.05) is 30.1 Å². The highest BCUT2D eigenvalue weighted by atomic mass is 32.2. The van der Waals surface area contributed by atoms with E-state index in [1.807, 2.05) is 24.5 Å². The number of ether oxygens (including phenoxy) is 1. The van der Waals surface area contributed by atoms with E-state index in [1.54, 1.807) is 6.07 Å². The zero-order valence-electron chi connectivity index (χ0n) is 14.5. The molecule has 1 aromatic carbocycles. The minimum Gasteiger partial charge on any atom is -0.379 e. The summed E-state index contributed by atoms with van der Waals surface area (Å²) in [6.45, 7) is 3.78. The zero-order valence-corrected chi connectivity index (χ0v) is 15.4. The molecule has 2 amide bonds. The molecule has 0 spiro atoms. The van der Waals surface area contributed by atoms with Crippen LogP contribution in [0.2, 0.25) is 0 Å². The lowest BCUT2D eigenvalue weighted by atomic mass is 9.75. The Bertz CT molecular complexity index is 628. The van der Waals surface area contributed by atoms with Crippen LogP contribution in [-0.2, 0) is 14.3 Å². The normalized spacial score (nSPS) is 19.7. The van der Waals surface area contributed by atoms with Crippen LogP contribution in [0.1, 0.15) is 19.3 Å². The minimum absolute atomic E-state index is 0.00308. The monoisotopic (exact) mass is 363 g/mol. The van der Waals surface area contributed by atoms with Crippen LogP contribution in [0.3, 0.4) is 0 Å². The topological polar surface area (TPSA) is 70.7 Å². The largest absolute Gasteiger partial charge is 0.379 e. The quantitative estimate of drug-likeness (QED) is 0.616. The van der Waals surface area contributed by atoms with Gasteiger partial charge in [0.2, 0.25) is 0 Å². The van der Waals surface area contributed by atoms with E-state index >= 15 is 0 Å². The van der Waals surface area contributed by atoms with E-state index in [2.05, 4.69) is 15.5 Å². The maximum atomic E-state index is 12.2. The molecule has 1 aliphatic carbocycles. The molecule has 0 aromatic heterocycles. The Hall–Kier alpha value is -1.57. The SMILES string of the molecule is CSc1ccccc1NC(=O)C(=O)NCC1(N2CCOCC2)CCC1. The summed E-state index contributed by atoms with van der Waals surface area (Å²) < 4.78 is 5.42. The maximum Gasteiger partial charge on any atom is 0.313 e. The average molecular weight is 363 g/mol. The predicted octanol–water partition coefficient (Wildman–Crippen LogP) is 1.72. The van der Waals surface area contributed by atoms with E-state index < -0.39 is 11.8 Å². The average Bonchev–Trinajstić information content (AvgIpc) is 2.62. The zero-order chi connectivity index (χ0) is 17.7. The summed E-state index contributed by atoms with van der Waals surface area (Å²) >= 11 is 1.53. The van der Waals surface area contributed by atoms with E-state index in [1.165, 1.54) is 18.2 Å². The molecule has 0 atom stereocenters. The molecule has 1 saturated carbocycles. The third-order valence-electron chi connectivity index (χ3n) is 5.11. The van der Waals surface area contributed by atoms with Gasteiger partial charge in [-0.1, -0.05) is 12.1 Å². The van der Waals surface area contributed by atoms with Gasteiger partial charge in [-0.05, 0) is 37.7 Å². The van der Waals surface area contributed by atoms with Crippen molar-refractivity contribution in [1.82, 2.24) is 10.2 Å². The molecule has 0 bridgehead atoms. The number of para-hydroxylation sites is 1. The van der Waals surface area contributed by atoms with Crippen molar-refractivity contribution in [1.29, 1.82) is 0 Å². The number of amides is 2. The molecule has 1 saturated heterocycles. The highest BCUT2D eigenvalue weighted by molar-refractivity contribution is 7.98. The standard InChI is InChI=1S/C18H25N3O3S/c1-25-15-6-3-2-5-14(15)20-17(23)16(22)19-13-18(7-4-8-18)21-9-11-24-12-10-21/h2-3,5-6H,4,7-13H2,1H3,(H,19,22)(H,20,23). The van der Waals surface area contributed by atoms with Crippen molar-refractivity contribution in [2.24, 2.45) is 0 Å². The smallest absolute Gasteiger partial charge is 0.313 e. The van der Waals surface area contributed by atoms with E-state index in [0.717, 1.165) is 44.0 Å².